The average Bonchev–Trinajstić information content (AvgIpc) is 2.90. The molecular weight excluding hydrogens is 487 g/mol. The number of rotatable bonds is 18. The monoisotopic (exact) mass is 531 g/mol. The van der Waals surface area contributed by atoms with Crippen LogP contribution >= 0.6 is 7.26 Å². The Morgan fingerprint density at radius 1 is 0.892 bits per heavy atom. The molecule has 0 aliphatic heterocycles. The van der Waals surface area contributed by atoms with Crippen LogP contribution in [0.5, 0.6) is 0 Å². The van der Waals surface area contributed by atoms with E-state index in [9.17, 15) is 25.1 Å². The van der Waals surface area contributed by atoms with E-state index in [2.05, 4.69) is 49.0 Å². The number of nitrogens with zero attached hydrogens (tertiary/aromatic N) is 1. The van der Waals surface area contributed by atoms with Crippen molar-refractivity contribution < 1.29 is 19.9 Å². The zero-order valence-corrected chi connectivity index (χ0v) is 23.2. The molecule has 1 amide bonds. The standard InChI is InChI=1S/C29H43N2O5P/c1-37(2,26-15-11-10-12-16-26)22-14-9-7-5-3-4-6-8-13-17-28(33)30-27(23-32)29(34)24-18-20-25(21-19-24)31(35)36/h10-12,15-16,18-21,27,29,32,34H,3-9,13-14,17,22-23H2,1-2H3/p+1. The summed E-state index contributed by atoms with van der Waals surface area (Å²) in [5.41, 5.74) is 0.330. The second-order valence-electron chi connectivity index (χ2n) is 10.3. The van der Waals surface area contributed by atoms with Crippen molar-refractivity contribution in [2.75, 3.05) is 26.1 Å². The maximum absolute atomic E-state index is 12.3. The quantitative estimate of drug-likeness (QED) is 0.100. The summed E-state index contributed by atoms with van der Waals surface area (Å²) in [5.74, 6) is -0.207. The Morgan fingerprint density at radius 2 is 1.43 bits per heavy atom. The molecule has 2 aromatic carbocycles. The van der Waals surface area contributed by atoms with Crippen LogP contribution in [-0.2, 0) is 4.79 Å². The summed E-state index contributed by atoms with van der Waals surface area (Å²) in [6.45, 7) is 4.46. The van der Waals surface area contributed by atoms with Crippen LogP contribution in [0.15, 0.2) is 54.6 Å². The van der Waals surface area contributed by atoms with Gasteiger partial charge in [-0.25, -0.2) is 0 Å². The topological polar surface area (TPSA) is 113 Å². The number of benzene rings is 2. The number of amides is 1. The van der Waals surface area contributed by atoms with E-state index in [1.54, 1.807) is 0 Å². The second kappa shape index (κ2) is 16.5. The molecule has 0 aliphatic rings. The van der Waals surface area contributed by atoms with Crippen molar-refractivity contribution in [2.24, 2.45) is 0 Å². The molecule has 0 bridgehead atoms. The molecule has 0 aliphatic carbocycles. The van der Waals surface area contributed by atoms with E-state index in [4.69, 9.17) is 0 Å². The van der Waals surface area contributed by atoms with Gasteiger partial charge in [0.05, 0.1) is 42.4 Å². The molecule has 2 aromatic rings. The predicted octanol–water partition coefficient (Wildman–Crippen LogP) is 5.61. The number of aliphatic hydroxyl groups is 2. The van der Waals surface area contributed by atoms with Gasteiger partial charge in [0, 0.05) is 25.8 Å². The molecule has 0 spiro atoms. The molecule has 0 heterocycles. The maximum atomic E-state index is 12.3. The zero-order chi connectivity index (χ0) is 27.1. The van der Waals surface area contributed by atoms with Gasteiger partial charge in [0.2, 0.25) is 5.91 Å². The van der Waals surface area contributed by atoms with Crippen LogP contribution in [-0.4, -0.2) is 53.2 Å². The fourth-order valence-corrected chi connectivity index (χ4v) is 6.77. The molecule has 0 fully saturated rings. The number of unbranched alkanes of at least 4 members (excludes halogenated alkanes) is 8. The van der Waals surface area contributed by atoms with Crippen molar-refractivity contribution in [3.05, 3.63) is 70.3 Å². The fourth-order valence-electron chi connectivity index (χ4n) is 4.52. The number of nitrogens with one attached hydrogen (secondary N) is 1. The Morgan fingerprint density at radius 3 is 1.97 bits per heavy atom. The summed E-state index contributed by atoms with van der Waals surface area (Å²) >= 11 is 0. The summed E-state index contributed by atoms with van der Waals surface area (Å²) in [7, 11) is -0.998. The maximum Gasteiger partial charge on any atom is 0.269 e. The van der Waals surface area contributed by atoms with Gasteiger partial charge in [-0.15, -0.1) is 0 Å². The molecule has 204 valence electrons. The van der Waals surface area contributed by atoms with Crippen LogP contribution in [0.3, 0.4) is 0 Å². The highest BCUT2D eigenvalue weighted by atomic mass is 31.2. The van der Waals surface area contributed by atoms with E-state index in [1.165, 1.54) is 74.3 Å². The van der Waals surface area contributed by atoms with Crippen molar-refractivity contribution in [2.45, 2.75) is 76.4 Å². The SMILES string of the molecule is C[P+](C)(CCCCCCCCCCCC(=O)NC(CO)C(O)c1ccc([N+](=O)[O-])cc1)c1ccccc1. The molecule has 2 atom stereocenters. The first-order valence-electron chi connectivity index (χ1n) is 13.5. The summed E-state index contributed by atoms with van der Waals surface area (Å²) in [4.78, 5) is 22.5. The Labute approximate surface area is 222 Å². The number of nitro groups is 1. The lowest BCUT2D eigenvalue weighted by molar-refractivity contribution is -0.384. The van der Waals surface area contributed by atoms with Gasteiger partial charge in [0.1, 0.15) is 6.10 Å². The number of nitro benzene ring substituents is 1. The Hall–Kier alpha value is -2.34. The van der Waals surface area contributed by atoms with Gasteiger partial charge in [-0.2, -0.15) is 0 Å². The molecular formula is C29H44N2O5P+. The van der Waals surface area contributed by atoms with Crippen LogP contribution < -0.4 is 10.6 Å². The highest BCUT2D eigenvalue weighted by molar-refractivity contribution is 7.81. The predicted molar refractivity (Wildman–Crippen MR) is 153 cm³/mol. The van der Waals surface area contributed by atoms with Crippen molar-refractivity contribution in [1.29, 1.82) is 0 Å². The van der Waals surface area contributed by atoms with Crippen LogP contribution in [0, 0.1) is 10.1 Å². The van der Waals surface area contributed by atoms with E-state index in [1.807, 2.05) is 0 Å². The molecule has 0 radical (unpaired) electrons. The van der Waals surface area contributed by atoms with Crippen LogP contribution in [0.2, 0.25) is 0 Å². The number of carbonyl (C=O) groups is 1. The van der Waals surface area contributed by atoms with Crippen molar-refractivity contribution in [3.8, 4) is 0 Å². The van der Waals surface area contributed by atoms with Gasteiger partial charge >= 0.3 is 0 Å². The van der Waals surface area contributed by atoms with E-state index in [-0.39, 0.29) is 11.6 Å². The molecule has 37 heavy (non-hydrogen) atoms. The lowest BCUT2D eigenvalue weighted by Crippen LogP contribution is -2.41. The summed E-state index contributed by atoms with van der Waals surface area (Å²) < 4.78 is 0. The summed E-state index contributed by atoms with van der Waals surface area (Å²) in [6.07, 6.45) is 11.0. The Bertz CT molecular complexity index is 937. The second-order valence-corrected chi connectivity index (χ2v) is 14.7. The van der Waals surface area contributed by atoms with E-state index < -0.39 is 30.9 Å². The largest absolute Gasteiger partial charge is 0.394 e. The van der Waals surface area contributed by atoms with Crippen molar-refractivity contribution >= 4 is 24.2 Å². The van der Waals surface area contributed by atoms with Gasteiger partial charge in [0.25, 0.3) is 5.69 Å². The normalized spacial score (nSPS) is 13.2. The lowest BCUT2D eigenvalue weighted by Gasteiger charge is -2.22. The zero-order valence-electron chi connectivity index (χ0n) is 22.3. The number of hydrogen-bond donors (Lipinski definition) is 3. The minimum Gasteiger partial charge on any atom is -0.394 e. The number of carbonyl (C=O) groups excluding carboxylic acids is 1. The van der Waals surface area contributed by atoms with Gasteiger partial charge in [-0.05, 0) is 49.1 Å². The van der Waals surface area contributed by atoms with Gasteiger partial charge in [-0.1, -0.05) is 56.7 Å². The Balaban J connectivity index is 1.51. The van der Waals surface area contributed by atoms with Crippen molar-refractivity contribution in [3.63, 3.8) is 0 Å². The summed E-state index contributed by atoms with van der Waals surface area (Å²) in [6, 6.07) is 15.5. The number of aliphatic hydroxyl groups excluding tert-OH is 2. The molecule has 3 N–H and O–H groups in total. The third-order valence-corrected chi connectivity index (χ3v) is 10.1. The smallest absolute Gasteiger partial charge is 0.269 e. The molecule has 8 heteroatoms. The van der Waals surface area contributed by atoms with Gasteiger partial charge in [0.15, 0.2) is 0 Å². The molecule has 0 saturated heterocycles. The first-order valence-corrected chi connectivity index (χ1v) is 16.3. The van der Waals surface area contributed by atoms with Crippen LogP contribution in [0.4, 0.5) is 5.69 Å². The van der Waals surface area contributed by atoms with E-state index >= 15 is 0 Å². The summed E-state index contributed by atoms with van der Waals surface area (Å²) in [5, 5.41) is 35.0. The highest BCUT2D eigenvalue weighted by Gasteiger charge is 2.27. The van der Waals surface area contributed by atoms with Gasteiger partial charge < -0.3 is 15.5 Å². The van der Waals surface area contributed by atoms with Gasteiger partial charge in [-0.3, -0.25) is 14.9 Å². The number of hydrogen-bond acceptors (Lipinski definition) is 5. The van der Waals surface area contributed by atoms with Crippen LogP contribution in [0.25, 0.3) is 0 Å². The minimum absolute atomic E-state index is 0.0791. The highest BCUT2D eigenvalue weighted by Crippen LogP contribution is 2.50. The molecule has 0 saturated carbocycles. The first kappa shape index (κ1) is 30.9. The van der Waals surface area contributed by atoms with E-state index in [0.29, 0.717) is 12.0 Å². The third-order valence-electron chi connectivity index (χ3n) is 6.95. The average molecular weight is 532 g/mol. The fraction of sp³-hybridized carbons (Fsp3) is 0.552. The van der Waals surface area contributed by atoms with Crippen molar-refractivity contribution in [1.82, 2.24) is 5.32 Å². The molecule has 7 nitrogen and oxygen atoms in total. The Kier molecular flexibility index (Phi) is 13.8. The lowest BCUT2D eigenvalue weighted by atomic mass is 10.0. The molecule has 0 aromatic heterocycles. The molecule has 2 rings (SSSR count). The first-order chi connectivity index (χ1) is 17.7. The molecule has 2 unspecified atom stereocenters. The van der Waals surface area contributed by atoms with E-state index in [0.717, 1.165) is 19.3 Å². The van der Waals surface area contributed by atoms with Crippen LogP contribution in [0.1, 0.15) is 75.9 Å². The minimum atomic E-state index is -1.14. The number of non-ortho nitro benzene ring substituents is 1. The third kappa shape index (κ3) is 11.3.